The lowest BCUT2D eigenvalue weighted by molar-refractivity contribution is 0.297. The first kappa shape index (κ1) is 16.0. The Morgan fingerprint density at radius 1 is 1.19 bits per heavy atom. The van der Waals surface area contributed by atoms with Crippen LogP contribution in [-0.2, 0) is 13.2 Å². The summed E-state index contributed by atoms with van der Waals surface area (Å²) in [5, 5.41) is 6.57. The zero-order chi connectivity index (χ0) is 15.4. The van der Waals surface area contributed by atoms with E-state index in [9.17, 15) is 0 Å². The Hall–Kier alpha value is -1.39. The van der Waals surface area contributed by atoms with Gasteiger partial charge in [-0.1, -0.05) is 26.0 Å². The fourth-order valence-corrected chi connectivity index (χ4v) is 2.81. The van der Waals surface area contributed by atoms with Gasteiger partial charge in [-0.2, -0.15) is 0 Å². The second kappa shape index (κ2) is 7.05. The molecule has 2 aromatic rings. The van der Waals surface area contributed by atoms with Crippen LogP contribution in [0.1, 0.15) is 41.2 Å². The van der Waals surface area contributed by atoms with Crippen molar-refractivity contribution in [2.24, 2.45) is 0 Å². The molecule has 1 heterocycles. The third-order valence-electron chi connectivity index (χ3n) is 3.50. The third-order valence-corrected chi connectivity index (χ3v) is 4.40. The minimum Gasteiger partial charge on any atom is -0.487 e. The maximum absolute atomic E-state index is 6.00. The van der Waals surface area contributed by atoms with E-state index >= 15 is 0 Å². The van der Waals surface area contributed by atoms with Crippen LogP contribution in [0.5, 0.6) is 5.75 Å². The van der Waals surface area contributed by atoms with Crippen LogP contribution in [0.25, 0.3) is 0 Å². The number of nitrogens with zero attached hydrogens (tertiary/aromatic N) is 1. The van der Waals surface area contributed by atoms with Crippen LogP contribution < -0.4 is 10.1 Å². The molecule has 114 valence electrons. The summed E-state index contributed by atoms with van der Waals surface area (Å²) in [5.41, 5.74) is 4.65. The van der Waals surface area contributed by atoms with Crippen molar-refractivity contribution in [3.63, 3.8) is 0 Å². The van der Waals surface area contributed by atoms with Gasteiger partial charge in [-0.3, -0.25) is 0 Å². The fourth-order valence-electron chi connectivity index (χ4n) is 2.08. The molecule has 2 rings (SSSR count). The number of benzene rings is 1. The van der Waals surface area contributed by atoms with E-state index < -0.39 is 0 Å². The van der Waals surface area contributed by atoms with Crippen molar-refractivity contribution in [2.75, 3.05) is 0 Å². The zero-order valence-corrected chi connectivity index (χ0v) is 14.3. The Labute approximate surface area is 131 Å². The number of thiazole rings is 1. The summed E-state index contributed by atoms with van der Waals surface area (Å²) in [7, 11) is 0. The largest absolute Gasteiger partial charge is 0.487 e. The number of rotatable bonds is 6. The van der Waals surface area contributed by atoms with Gasteiger partial charge in [-0.25, -0.2) is 4.98 Å². The minimum atomic E-state index is 0.478. The summed E-state index contributed by atoms with van der Waals surface area (Å²) < 4.78 is 6.00. The molecule has 0 atom stereocenters. The van der Waals surface area contributed by atoms with Crippen molar-refractivity contribution in [3.05, 3.63) is 44.9 Å². The van der Waals surface area contributed by atoms with Crippen molar-refractivity contribution < 1.29 is 4.74 Å². The molecule has 4 heteroatoms. The number of ether oxygens (including phenoxy) is 1. The van der Waals surface area contributed by atoms with Crippen molar-refractivity contribution >= 4 is 11.3 Å². The maximum Gasteiger partial charge on any atom is 0.131 e. The summed E-state index contributed by atoms with van der Waals surface area (Å²) in [6, 6.07) is 4.72. The lowest BCUT2D eigenvalue weighted by atomic mass is 10.1. The van der Waals surface area contributed by atoms with Crippen molar-refractivity contribution in [1.82, 2.24) is 10.3 Å². The van der Waals surface area contributed by atoms with Crippen molar-refractivity contribution in [3.8, 4) is 5.75 Å². The average Bonchev–Trinajstić information content (AvgIpc) is 2.89. The van der Waals surface area contributed by atoms with Crippen LogP contribution in [0.2, 0.25) is 0 Å². The quantitative estimate of drug-likeness (QED) is 0.870. The van der Waals surface area contributed by atoms with Crippen molar-refractivity contribution in [1.29, 1.82) is 0 Å². The van der Waals surface area contributed by atoms with E-state index in [0.29, 0.717) is 12.6 Å². The molecule has 0 aliphatic heterocycles. The SMILES string of the molecule is Cc1ccc(C)c(OCc2csc(CNC(C)C)n2)c1C. The van der Waals surface area contributed by atoms with Gasteiger partial charge in [0.1, 0.15) is 17.4 Å². The predicted octanol–water partition coefficient (Wildman–Crippen LogP) is 4.15. The van der Waals surface area contributed by atoms with Gasteiger partial charge in [0.15, 0.2) is 0 Å². The van der Waals surface area contributed by atoms with Gasteiger partial charge < -0.3 is 10.1 Å². The van der Waals surface area contributed by atoms with Crippen LogP contribution in [0.3, 0.4) is 0 Å². The Kier molecular flexibility index (Phi) is 5.37. The number of hydrogen-bond donors (Lipinski definition) is 1. The van der Waals surface area contributed by atoms with E-state index in [4.69, 9.17) is 4.74 Å². The second-order valence-corrected chi connectivity index (χ2v) is 6.65. The summed E-state index contributed by atoms with van der Waals surface area (Å²) in [4.78, 5) is 4.61. The predicted molar refractivity (Wildman–Crippen MR) is 89.1 cm³/mol. The van der Waals surface area contributed by atoms with E-state index in [1.165, 1.54) is 16.7 Å². The lowest BCUT2D eigenvalue weighted by Crippen LogP contribution is -2.21. The van der Waals surface area contributed by atoms with Crippen LogP contribution in [0.4, 0.5) is 0 Å². The highest BCUT2D eigenvalue weighted by Gasteiger charge is 2.08. The molecule has 1 aromatic carbocycles. The molecule has 0 aliphatic rings. The molecule has 0 saturated heterocycles. The molecule has 0 fully saturated rings. The highest BCUT2D eigenvalue weighted by molar-refractivity contribution is 7.09. The van der Waals surface area contributed by atoms with Crippen LogP contribution >= 0.6 is 11.3 Å². The summed E-state index contributed by atoms with van der Waals surface area (Å²) in [6.07, 6.45) is 0. The molecular formula is C17H24N2OS. The highest BCUT2D eigenvalue weighted by Crippen LogP contribution is 2.26. The first-order chi connectivity index (χ1) is 9.97. The van der Waals surface area contributed by atoms with E-state index in [-0.39, 0.29) is 0 Å². The number of nitrogens with one attached hydrogen (secondary N) is 1. The average molecular weight is 304 g/mol. The van der Waals surface area contributed by atoms with Gasteiger partial charge in [-0.05, 0) is 37.5 Å². The first-order valence-corrected chi connectivity index (χ1v) is 8.21. The van der Waals surface area contributed by atoms with E-state index in [0.717, 1.165) is 23.0 Å². The molecule has 0 saturated carbocycles. The molecule has 0 unspecified atom stereocenters. The van der Waals surface area contributed by atoms with Crippen LogP contribution in [-0.4, -0.2) is 11.0 Å². The van der Waals surface area contributed by atoms with Crippen molar-refractivity contribution in [2.45, 2.75) is 53.8 Å². The Morgan fingerprint density at radius 2 is 1.90 bits per heavy atom. The molecule has 1 aromatic heterocycles. The van der Waals surface area contributed by atoms with Gasteiger partial charge >= 0.3 is 0 Å². The fraction of sp³-hybridized carbons (Fsp3) is 0.471. The van der Waals surface area contributed by atoms with Gasteiger partial charge in [-0.15, -0.1) is 11.3 Å². The Morgan fingerprint density at radius 3 is 2.62 bits per heavy atom. The summed E-state index contributed by atoms with van der Waals surface area (Å²) in [5.74, 6) is 0.991. The third kappa shape index (κ3) is 4.29. The zero-order valence-electron chi connectivity index (χ0n) is 13.5. The molecule has 0 spiro atoms. The molecule has 0 bridgehead atoms. The van der Waals surface area contributed by atoms with Gasteiger partial charge in [0.2, 0.25) is 0 Å². The molecular weight excluding hydrogens is 280 g/mol. The maximum atomic E-state index is 6.00. The molecule has 21 heavy (non-hydrogen) atoms. The number of aryl methyl sites for hydroxylation is 2. The number of aromatic nitrogens is 1. The Bertz CT molecular complexity index is 605. The van der Waals surface area contributed by atoms with E-state index in [2.05, 4.69) is 62.4 Å². The minimum absolute atomic E-state index is 0.478. The Balaban J connectivity index is 1.99. The molecule has 0 radical (unpaired) electrons. The second-order valence-electron chi connectivity index (χ2n) is 5.71. The standard InChI is InChI=1S/C17H24N2OS/c1-11(2)18-8-16-19-15(10-21-16)9-20-17-13(4)7-6-12(3)14(17)5/h6-7,10-11,18H,8-9H2,1-5H3. The monoisotopic (exact) mass is 304 g/mol. The molecule has 1 N–H and O–H groups in total. The normalized spacial score (nSPS) is 11.1. The topological polar surface area (TPSA) is 34.1 Å². The summed E-state index contributed by atoms with van der Waals surface area (Å²) in [6.45, 7) is 11.9. The molecule has 0 amide bonds. The van der Waals surface area contributed by atoms with Crippen LogP contribution in [0, 0.1) is 20.8 Å². The van der Waals surface area contributed by atoms with E-state index in [1.807, 2.05) is 0 Å². The van der Waals surface area contributed by atoms with Gasteiger partial charge in [0.05, 0.1) is 5.69 Å². The molecule has 3 nitrogen and oxygen atoms in total. The lowest BCUT2D eigenvalue weighted by Gasteiger charge is -2.13. The molecule has 0 aliphatic carbocycles. The van der Waals surface area contributed by atoms with Gasteiger partial charge in [0, 0.05) is 18.0 Å². The van der Waals surface area contributed by atoms with Crippen LogP contribution in [0.15, 0.2) is 17.5 Å². The van der Waals surface area contributed by atoms with E-state index in [1.54, 1.807) is 11.3 Å². The highest BCUT2D eigenvalue weighted by atomic mass is 32.1. The smallest absolute Gasteiger partial charge is 0.131 e. The first-order valence-electron chi connectivity index (χ1n) is 7.33. The number of hydrogen-bond acceptors (Lipinski definition) is 4. The van der Waals surface area contributed by atoms with Gasteiger partial charge in [0.25, 0.3) is 0 Å². The summed E-state index contributed by atoms with van der Waals surface area (Å²) >= 11 is 1.68.